The van der Waals surface area contributed by atoms with Crippen molar-refractivity contribution in [2.24, 2.45) is 5.92 Å². The van der Waals surface area contributed by atoms with E-state index in [1.807, 2.05) is 6.92 Å². The Morgan fingerprint density at radius 2 is 1.94 bits per heavy atom. The summed E-state index contributed by atoms with van der Waals surface area (Å²) in [5, 5.41) is 8.97. The lowest BCUT2D eigenvalue weighted by Crippen LogP contribution is -2.40. The van der Waals surface area contributed by atoms with E-state index in [2.05, 4.69) is 4.72 Å². The molecule has 4 nitrogen and oxygen atoms in total. The summed E-state index contributed by atoms with van der Waals surface area (Å²) in [5.74, 6) is 0.534. The first-order chi connectivity index (χ1) is 7.57. The van der Waals surface area contributed by atoms with Crippen LogP contribution in [-0.2, 0) is 10.0 Å². The molecule has 1 aliphatic carbocycles. The average Bonchev–Trinajstić information content (AvgIpc) is 2.26. The van der Waals surface area contributed by atoms with Gasteiger partial charge in [-0.1, -0.05) is 26.2 Å². The lowest BCUT2D eigenvalue weighted by molar-refractivity contribution is 0.253. The van der Waals surface area contributed by atoms with Crippen LogP contribution in [0.2, 0.25) is 0 Å². The second-order valence-electron chi connectivity index (χ2n) is 4.69. The van der Waals surface area contributed by atoms with Gasteiger partial charge in [-0.3, -0.25) is 0 Å². The third-order valence-corrected chi connectivity index (χ3v) is 4.84. The van der Waals surface area contributed by atoms with Crippen LogP contribution in [-0.4, -0.2) is 31.9 Å². The Labute approximate surface area is 98.5 Å². The maximum absolute atomic E-state index is 11.8. The van der Waals surface area contributed by atoms with Gasteiger partial charge in [-0.15, -0.1) is 0 Å². The van der Waals surface area contributed by atoms with Crippen LogP contribution < -0.4 is 4.72 Å². The van der Waals surface area contributed by atoms with E-state index in [-0.39, 0.29) is 18.4 Å². The Balaban J connectivity index is 2.43. The van der Waals surface area contributed by atoms with Gasteiger partial charge in [0.15, 0.2) is 0 Å². The van der Waals surface area contributed by atoms with Crippen molar-refractivity contribution < 1.29 is 13.5 Å². The van der Waals surface area contributed by atoms with Crippen molar-refractivity contribution in [1.82, 2.24) is 4.72 Å². The molecule has 1 rings (SSSR count). The predicted octanol–water partition coefficient (Wildman–Crippen LogP) is 1.26. The van der Waals surface area contributed by atoms with Crippen LogP contribution in [0.4, 0.5) is 0 Å². The fourth-order valence-electron chi connectivity index (χ4n) is 2.22. The summed E-state index contributed by atoms with van der Waals surface area (Å²) < 4.78 is 26.2. The summed E-state index contributed by atoms with van der Waals surface area (Å²) in [6.07, 6.45) is 6.21. The highest BCUT2D eigenvalue weighted by Crippen LogP contribution is 2.24. The summed E-state index contributed by atoms with van der Waals surface area (Å²) in [6.45, 7) is 1.74. The lowest BCUT2D eigenvalue weighted by Gasteiger charge is -2.22. The van der Waals surface area contributed by atoms with Crippen molar-refractivity contribution in [1.29, 1.82) is 0 Å². The summed E-state index contributed by atoms with van der Waals surface area (Å²) in [7, 11) is -3.21. The van der Waals surface area contributed by atoms with Crippen LogP contribution in [0.25, 0.3) is 0 Å². The molecule has 1 fully saturated rings. The molecule has 0 amide bonds. The Morgan fingerprint density at radius 1 is 1.31 bits per heavy atom. The molecule has 1 atom stereocenters. The van der Waals surface area contributed by atoms with E-state index in [1.165, 1.54) is 6.42 Å². The average molecular weight is 249 g/mol. The van der Waals surface area contributed by atoms with E-state index >= 15 is 0 Å². The Hall–Kier alpha value is -0.130. The molecule has 5 heteroatoms. The second kappa shape index (κ2) is 6.57. The molecule has 0 aromatic heterocycles. The fraction of sp³-hybridized carbons (Fsp3) is 1.00. The van der Waals surface area contributed by atoms with Crippen LogP contribution in [0.3, 0.4) is 0 Å². The molecule has 1 aliphatic rings. The quantitative estimate of drug-likeness (QED) is 0.744. The van der Waals surface area contributed by atoms with E-state index < -0.39 is 10.0 Å². The van der Waals surface area contributed by atoms with Crippen molar-refractivity contribution in [3.8, 4) is 0 Å². The highest BCUT2D eigenvalue weighted by molar-refractivity contribution is 7.89. The van der Waals surface area contributed by atoms with Crippen LogP contribution >= 0.6 is 0 Å². The molecule has 0 saturated heterocycles. The first-order valence-electron chi connectivity index (χ1n) is 6.18. The highest BCUT2D eigenvalue weighted by atomic mass is 32.2. The number of aliphatic hydroxyl groups excluding tert-OH is 1. The van der Waals surface area contributed by atoms with Gasteiger partial charge in [-0.05, 0) is 25.2 Å². The predicted molar refractivity (Wildman–Crippen MR) is 64.7 cm³/mol. The maximum Gasteiger partial charge on any atom is 0.212 e. The normalized spacial score (nSPS) is 20.9. The molecular formula is C11H23NO3S. The number of hydrogen-bond donors (Lipinski definition) is 2. The number of rotatable bonds is 6. The molecule has 0 aromatic carbocycles. The zero-order chi connectivity index (χ0) is 12.0. The smallest absolute Gasteiger partial charge is 0.212 e. The first-order valence-corrected chi connectivity index (χ1v) is 7.83. The van der Waals surface area contributed by atoms with E-state index in [0.29, 0.717) is 12.3 Å². The van der Waals surface area contributed by atoms with Crippen LogP contribution in [0, 0.1) is 5.92 Å². The lowest BCUT2D eigenvalue weighted by atomic mass is 9.91. The van der Waals surface area contributed by atoms with Gasteiger partial charge in [0.25, 0.3) is 0 Å². The fourth-order valence-corrected chi connectivity index (χ4v) is 4.02. The minimum Gasteiger partial charge on any atom is -0.395 e. The molecular weight excluding hydrogens is 226 g/mol. The number of nitrogens with one attached hydrogen (secondary N) is 1. The molecule has 0 aromatic rings. The minimum absolute atomic E-state index is 0.125. The van der Waals surface area contributed by atoms with Crippen LogP contribution in [0.5, 0.6) is 0 Å². The maximum atomic E-state index is 11.8. The molecule has 16 heavy (non-hydrogen) atoms. The summed E-state index contributed by atoms with van der Waals surface area (Å²) >= 11 is 0. The zero-order valence-corrected chi connectivity index (χ0v) is 10.8. The zero-order valence-electron chi connectivity index (χ0n) is 9.98. The third kappa shape index (κ3) is 4.80. The van der Waals surface area contributed by atoms with Gasteiger partial charge in [0.2, 0.25) is 10.0 Å². The number of aliphatic hydroxyl groups is 1. The largest absolute Gasteiger partial charge is 0.395 e. The van der Waals surface area contributed by atoms with E-state index in [1.54, 1.807) is 0 Å². The van der Waals surface area contributed by atoms with Crippen molar-refractivity contribution in [3.63, 3.8) is 0 Å². The molecule has 0 spiro atoms. The van der Waals surface area contributed by atoms with Crippen molar-refractivity contribution in [2.75, 3.05) is 12.4 Å². The topological polar surface area (TPSA) is 66.4 Å². The number of hydrogen-bond acceptors (Lipinski definition) is 3. The molecule has 2 N–H and O–H groups in total. The van der Waals surface area contributed by atoms with Gasteiger partial charge >= 0.3 is 0 Å². The molecule has 96 valence electrons. The van der Waals surface area contributed by atoms with E-state index in [0.717, 1.165) is 25.7 Å². The third-order valence-electron chi connectivity index (χ3n) is 3.24. The van der Waals surface area contributed by atoms with Gasteiger partial charge in [0, 0.05) is 6.04 Å². The Bertz CT molecular complexity index is 280. The second-order valence-corrected chi connectivity index (χ2v) is 6.49. The molecule has 0 unspecified atom stereocenters. The summed E-state index contributed by atoms with van der Waals surface area (Å²) in [6, 6.07) is -0.325. The van der Waals surface area contributed by atoms with Crippen molar-refractivity contribution in [3.05, 3.63) is 0 Å². The first kappa shape index (κ1) is 13.9. The minimum atomic E-state index is -3.21. The molecule has 0 radical (unpaired) electrons. The van der Waals surface area contributed by atoms with E-state index in [4.69, 9.17) is 5.11 Å². The number of sulfonamides is 1. The van der Waals surface area contributed by atoms with Gasteiger partial charge in [0.05, 0.1) is 12.4 Å². The van der Waals surface area contributed by atoms with Gasteiger partial charge in [0.1, 0.15) is 0 Å². The van der Waals surface area contributed by atoms with E-state index in [9.17, 15) is 8.42 Å². The highest BCUT2D eigenvalue weighted by Gasteiger charge is 2.23. The van der Waals surface area contributed by atoms with Gasteiger partial charge < -0.3 is 5.11 Å². The molecule has 0 bridgehead atoms. The standard InChI is InChI=1S/C11H23NO3S/c1-2-11(8-13)12-16(14,15)9-10-6-4-3-5-7-10/h10-13H,2-9H2,1H3/t11-/m1/s1. The van der Waals surface area contributed by atoms with Crippen LogP contribution in [0.1, 0.15) is 45.4 Å². The summed E-state index contributed by atoms with van der Waals surface area (Å²) in [4.78, 5) is 0. The van der Waals surface area contributed by atoms with Crippen molar-refractivity contribution in [2.45, 2.75) is 51.5 Å². The van der Waals surface area contributed by atoms with Gasteiger partial charge in [-0.25, -0.2) is 13.1 Å². The monoisotopic (exact) mass is 249 g/mol. The Morgan fingerprint density at radius 3 is 2.44 bits per heavy atom. The SMILES string of the molecule is CC[C@H](CO)NS(=O)(=O)CC1CCCCC1. The van der Waals surface area contributed by atoms with Gasteiger partial charge in [-0.2, -0.15) is 0 Å². The van der Waals surface area contributed by atoms with Crippen LogP contribution in [0.15, 0.2) is 0 Å². The molecule has 0 aliphatic heterocycles. The molecule has 1 saturated carbocycles. The summed E-state index contributed by atoms with van der Waals surface area (Å²) in [5.41, 5.74) is 0. The Kier molecular flexibility index (Phi) is 5.72. The molecule has 0 heterocycles. The van der Waals surface area contributed by atoms with Crippen molar-refractivity contribution >= 4 is 10.0 Å².